The molecule has 1 aromatic carbocycles. The Bertz CT molecular complexity index is 1120. The van der Waals surface area contributed by atoms with Crippen LogP contribution in [-0.2, 0) is 34.2 Å². The van der Waals surface area contributed by atoms with Crippen LogP contribution in [0.3, 0.4) is 0 Å². The number of nitrogens with zero attached hydrogens (tertiary/aromatic N) is 5. The van der Waals surface area contributed by atoms with E-state index in [1.54, 1.807) is 0 Å². The summed E-state index contributed by atoms with van der Waals surface area (Å²) < 4.78 is 8.12. The fraction of sp³-hybridized carbons (Fsp3) is 0.0952. The number of aromatic carboxylic acids is 2. The molecule has 0 aliphatic carbocycles. The Morgan fingerprint density at radius 1 is 0.806 bits per heavy atom. The largest absolute Gasteiger partial charge is 3.00 e. The number of hydrogen-bond acceptors (Lipinski definition) is 3. The first kappa shape index (κ1) is 23.7. The number of carboxylic acid groups (broad SMARTS) is 2. The number of aromatic nitrogens is 5. The van der Waals surface area contributed by atoms with E-state index in [1.807, 2.05) is 88.0 Å². The Morgan fingerprint density at radius 3 is 1.58 bits per heavy atom. The topological polar surface area (TPSA) is 107 Å². The average Bonchev–Trinajstić information content (AvgIpc) is 3.37. The van der Waals surface area contributed by atoms with Gasteiger partial charge in [-0.3, -0.25) is 9.13 Å². The van der Waals surface area contributed by atoms with Gasteiger partial charge in [-0.05, 0) is 18.2 Å². The van der Waals surface area contributed by atoms with Crippen molar-refractivity contribution < 1.29 is 39.9 Å². The van der Waals surface area contributed by atoms with Gasteiger partial charge in [0.1, 0.15) is 36.2 Å². The van der Waals surface area contributed by atoms with Crippen LogP contribution < -0.4 is 0 Å². The van der Waals surface area contributed by atoms with E-state index in [0.29, 0.717) is 0 Å². The van der Waals surface area contributed by atoms with E-state index in [4.69, 9.17) is 10.2 Å². The molecule has 31 heavy (non-hydrogen) atoms. The average molecular weight is 599 g/mol. The molecule has 0 spiro atoms. The van der Waals surface area contributed by atoms with Gasteiger partial charge >= 0.3 is 11.9 Å². The minimum absolute atomic E-state index is 0. The van der Waals surface area contributed by atoms with Crippen molar-refractivity contribution in [2.45, 2.75) is 0 Å². The quantitative estimate of drug-likeness (QED) is 0.352. The first-order valence-electron chi connectivity index (χ1n) is 8.86. The fourth-order valence-corrected chi connectivity index (χ4v) is 2.60. The van der Waals surface area contributed by atoms with Crippen LogP contribution in [0.1, 0.15) is 21.0 Å². The van der Waals surface area contributed by atoms with E-state index in [0.717, 1.165) is 11.4 Å². The molecule has 0 atom stereocenters. The number of pyridine rings is 1. The van der Waals surface area contributed by atoms with Crippen molar-refractivity contribution in [2.75, 3.05) is 0 Å². The summed E-state index contributed by atoms with van der Waals surface area (Å²) in [5, 5.41) is 16.9. The number of hydrogen-bond donors (Lipinski definition) is 2. The Balaban J connectivity index is 0.000000231. The van der Waals surface area contributed by atoms with Gasteiger partial charge in [-0.15, -0.1) is 18.2 Å². The van der Waals surface area contributed by atoms with Gasteiger partial charge in [0.15, 0.2) is 12.7 Å². The van der Waals surface area contributed by atoms with Gasteiger partial charge in [-0.2, -0.15) is 0 Å². The van der Waals surface area contributed by atoms with Crippen LogP contribution in [0.5, 0.6) is 0 Å². The maximum Gasteiger partial charge on any atom is 0.354 e. The maximum absolute atomic E-state index is 10.3. The summed E-state index contributed by atoms with van der Waals surface area (Å²) in [5.74, 6) is -2.48. The molecule has 0 saturated heterocycles. The van der Waals surface area contributed by atoms with E-state index >= 15 is 0 Å². The third-order valence-electron chi connectivity index (χ3n) is 4.05. The first-order chi connectivity index (χ1) is 14.3. The van der Waals surface area contributed by atoms with Crippen molar-refractivity contribution in [3.8, 4) is 11.4 Å². The van der Waals surface area contributed by atoms with E-state index in [2.05, 4.69) is 11.1 Å². The zero-order chi connectivity index (χ0) is 21.7. The molecule has 9 nitrogen and oxygen atoms in total. The number of benzene rings is 1. The molecule has 0 fully saturated rings. The van der Waals surface area contributed by atoms with Gasteiger partial charge in [-0.1, -0.05) is 6.07 Å². The van der Waals surface area contributed by atoms with E-state index in [1.165, 1.54) is 18.2 Å². The third kappa shape index (κ3) is 6.18. The predicted molar refractivity (Wildman–Crippen MR) is 109 cm³/mol. The molecule has 3 aromatic heterocycles. The molecule has 0 saturated carbocycles. The molecular weight excluding hydrogens is 578 g/mol. The Labute approximate surface area is 191 Å². The standard InChI is InChI=1S/C14H15N4.C7H5NO4.Ir/c1-15-6-8-17(11-15)13-4-3-5-14(10-13)18-9-7-16(2)12-18;9-6(10)4-2-1-3-5(8-4)7(11)12;/h3-9,11-12H,1-2H3;1-3H,(H,9,10)(H,11,12);/q+1;;-3. The van der Waals surface area contributed by atoms with Crippen molar-refractivity contribution in [3.05, 3.63) is 91.3 Å². The normalized spacial score (nSPS) is 9.87. The molecular formula is C21H20IrN5O4-2. The molecule has 0 amide bonds. The number of carbonyl (C=O) groups is 2. The molecule has 0 aliphatic rings. The minimum atomic E-state index is -1.24. The van der Waals surface area contributed by atoms with Crippen LogP contribution in [0.2, 0.25) is 0 Å². The Hall–Kier alpha value is -3.62. The smallest absolute Gasteiger partial charge is 0.354 e. The summed E-state index contributed by atoms with van der Waals surface area (Å²) in [5.41, 5.74) is 1.53. The summed E-state index contributed by atoms with van der Waals surface area (Å²) in [7, 11) is 4.01. The maximum atomic E-state index is 10.3. The zero-order valence-corrected chi connectivity index (χ0v) is 19.1. The first-order valence-corrected chi connectivity index (χ1v) is 8.86. The van der Waals surface area contributed by atoms with Gasteiger partial charge in [0.25, 0.3) is 0 Å². The fourth-order valence-electron chi connectivity index (χ4n) is 2.60. The molecule has 4 aromatic rings. The van der Waals surface area contributed by atoms with Crippen molar-refractivity contribution in [2.24, 2.45) is 14.1 Å². The zero-order valence-electron chi connectivity index (χ0n) is 16.7. The number of carboxylic acids is 2. The Kier molecular flexibility index (Phi) is 7.95. The summed E-state index contributed by atoms with van der Waals surface area (Å²) in [6, 6.07) is 13.3. The number of imidazole rings is 2. The van der Waals surface area contributed by atoms with Crippen molar-refractivity contribution >= 4 is 11.9 Å². The second-order valence-corrected chi connectivity index (χ2v) is 6.41. The van der Waals surface area contributed by atoms with Crippen molar-refractivity contribution in [3.63, 3.8) is 0 Å². The molecule has 3 heterocycles. The third-order valence-corrected chi connectivity index (χ3v) is 4.05. The summed E-state index contributed by atoms with van der Waals surface area (Å²) in [4.78, 5) is 24.0. The summed E-state index contributed by atoms with van der Waals surface area (Å²) >= 11 is 0. The molecule has 0 unspecified atom stereocenters. The van der Waals surface area contributed by atoms with Crippen LogP contribution in [0.15, 0.2) is 73.8 Å². The van der Waals surface area contributed by atoms with E-state index < -0.39 is 11.9 Å². The van der Waals surface area contributed by atoms with Gasteiger partial charge in [0.2, 0.25) is 0 Å². The summed E-state index contributed by atoms with van der Waals surface area (Å²) in [6.07, 6.45) is 12.1. The molecule has 164 valence electrons. The van der Waals surface area contributed by atoms with E-state index in [-0.39, 0.29) is 31.5 Å². The number of rotatable bonds is 4. The molecule has 0 radical (unpaired) electrons. The van der Waals surface area contributed by atoms with Crippen LogP contribution in [-0.4, -0.2) is 45.4 Å². The van der Waals surface area contributed by atoms with Gasteiger partial charge in [0, 0.05) is 25.5 Å². The van der Waals surface area contributed by atoms with Crippen LogP contribution in [0.25, 0.3) is 11.4 Å². The summed E-state index contributed by atoms with van der Waals surface area (Å²) in [6.45, 7) is 0. The molecule has 4 rings (SSSR count). The second kappa shape index (κ2) is 10.4. The second-order valence-electron chi connectivity index (χ2n) is 6.41. The van der Waals surface area contributed by atoms with Crippen LogP contribution in [0.4, 0.5) is 0 Å². The minimum Gasteiger partial charge on any atom is -3.00 e. The van der Waals surface area contributed by atoms with E-state index in [9.17, 15) is 9.59 Å². The van der Waals surface area contributed by atoms with Crippen molar-refractivity contribution in [1.82, 2.24) is 23.3 Å². The SMILES string of the molecule is Cn1ccn(-c2[c-]c(-n3ccn(C)[cH+]3)ccc2)[cH+]1.O=C(O)c1cccc(C(=O)O)n1.[Ir-3]. The molecule has 2 N–H and O–H groups in total. The van der Waals surface area contributed by atoms with Crippen LogP contribution >= 0.6 is 0 Å². The number of aryl methyl sites for hydroxylation is 2. The molecule has 0 bridgehead atoms. The van der Waals surface area contributed by atoms with Gasteiger partial charge in [0.05, 0.1) is 0 Å². The van der Waals surface area contributed by atoms with Gasteiger partial charge in [-0.25, -0.2) is 23.7 Å². The molecule has 0 aliphatic heterocycles. The molecule has 10 heteroatoms. The van der Waals surface area contributed by atoms with Crippen molar-refractivity contribution in [1.29, 1.82) is 0 Å². The Morgan fingerprint density at radius 2 is 1.23 bits per heavy atom. The van der Waals surface area contributed by atoms with Gasteiger partial charge < -0.3 is 30.3 Å². The predicted octanol–water partition coefficient (Wildman–Crippen LogP) is 2.78. The van der Waals surface area contributed by atoms with Crippen LogP contribution in [0, 0.1) is 6.07 Å². The monoisotopic (exact) mass is 599 g/mol.